The summed E-state index contributed by atoms with van der Waals surface area (Å²) in [6.07, 6.45) is 4.96. The number of hydrogen-bond donors (Lipinski definition) is 2. The van der Waals surface area contributed by atoms with Gasteiger partial charge in [0, 0.05) is 46.8 Å². The standard InChI is InChI=1S/C32H25N7O2/c1-20-12-13-22(19-35-20)14-15-23-8-6-9-24-18-26(39(32(41)27(23)24)25-10-4-3-5-11-25)21(2)36-31(40)28-29(33)37-38-17-7-16-34-30(28)38/h3-13,16-19,21H,1-2H3,(H2,33,37)(H,36,40). The van der Waals surface area contributed by atoms with Gasteiger partial charge in [-0.2, -0.15) is 0 Å². The number of amides is 1. The predicted molar refractivity (Wildman–Crippen MR) is 158 cm³/mol. The fourth-order valence-electron chi connectivity index (χ4n) is 4.79. The smallest absolute Gasteiger partial charge is 0.264 e. The average Bonchev–Trinajstić information content (AvgIpc) is 3.32. The van der Waals surface area contributed by atoms with Crippen LogP contribution in [0.5, 0.6) is 0 Å². The van der Waals surface area contributed by atoms with E-state index in [0.29, 0.717) is 33.4 Å². The zero-order valence-electron chi connectivity index (χ0n) is 22.4. The largest absolute Gasteiger partial charge is 0.381 e. The number of anilines is 1. The van der Waals surface area contributed by atoms with Crippen LogP contribution in [0.25, 0.3) is 22.1 Å². The molecule has 0 radical (unpaired) electrons. The van der Waals surface area contributed by atoms with E-state index in [4.69, 9.17) is 5.73 Å². The quantitative estimate of drug-likeness (QED) is 0.324. The minimum Gasteiger partial charge on any atom is -0.381 e. The number of nitrogens with zero attached hydrogens (tertiary/aromatic N) is 5. The zero-order chi connectivity index (χ0) is 28.5. The molecule has 0 spiro atoms. The van der Waals surface area contributed by atoms with Gasteiger partial charge < -0.3 is 11.1 Å². The molecule has 2 aromatic carbocycles. The van der Waals surface area contributed by atoms with E-state index in [2.05, 4.69) is 32.2 Å². The third-order valence-electron chi connectivity index (χ3n) is 6.78. The first-order valence-electron chi connectivity index (χ1n) is 13.0. The molecule has 3 N–H and O–H groups in total. The average molecular weight is 540 g/mol. The number of aromatic nitrogens is 5. The lowest BCUT2D eigenvalue weighted by molar-refractivity contribution is 0.0941. The zero-order valence-corrected chi connectivity index (χ0v) is 22.4. The summed E-state index contributed by atoms with van der Waals surface area (Å²) >= 11 is 0. The Kier molecular flexibility index (Phi) is 6.49. The highest BCUT2D eigenvalue weighted by atomic mass is 16.2. The highest BCUT2D eigenvalue weighted by Gasteiger charge is 2.23. The number of nitrogen functional groups attached to an aromatic ring is 1. The number of rotatable bonds is 4. The minimum atomic E-state index is -0.578. The Morgan fingerprint density at radius 1 is 1.00 bits per heavy atom. The highest BCUT2D eigenvalue weighted by molar-refractivity contribution is 6.04. The molecule has 6 aromatic rings. The summed E-state index contributed by atoms with van der Waals surface area (Å²) in [5.74, 6) is 5.91. The summed E-state index contributed by atoms with van der Waals surface area (Å²) in [7, 11) is 0. The lowest BCUT2D eigenvalue weighted by atomic mass is 10.0. The molecule has 1 amide bonds. The molecular formula is C32H25N7O2. The first kappa shape index (κ1) is 25.5. The molecule has 1 atom stereocenters. The monoisotopic (exact) mass is 539 g/mol. The van der Waals surface area contributed by atoms with E-state index >= 15 is 0 Å². The number of aryl methyl sites for hydroxylation is 1. The first-order valence-corrected chi connectivity index (χ1v) is 13.0. The van der Waals surface area contributed by atoms with Crippen molar-refractivity contribution in [2.24, 2.45) is 0 Å². The first-order chi connectivity index (χ1) is 19.9. The number of nitrogens with two attached hydrogens (primary N) is 1. The van der Waals surface area contributed by atoms with E-state index in [0.717, 1.165) is 11.3 Å². The van der Waals surface area contributed by atoms with Crippen LogP contribution in [0, 0.1) is 18.8 Å². The minimum absolute atomic E-state index is 0.0688. The number of carbonyl (C=O) groups excluding carboxylic acids is 1. The Morgan fingerprint density at radius 2 is 1.83 bits per heavy atom. The normalized spacial score (nSPS) is 11.7. The number of hydrogen-bond acceptors (Lipinski definition) is 6. The van der Waals surface area contributed by atoms with Crippen LogP contribution in [0.3, 0.4) is 0 Å². The van der Waals surface area contributed by atoms with Gasteiger partial charge >= 0.3 is 0 Å². The van der Waals surface area contributed by atoms with Crippen LogP contribution in [0.2, 0.25) is 0 Å². The fraction of sp³-hybridized carbons (Fsp3) is 0.0938. The number of para-hydroxylation sites is 1. The molecule has 4 aromatic heterocycles. The Bertz CT molecular complexity index is 2050. The summed E-state index contributed by atoms with van der Waals surface area (Å²) < 4.78 is 3.07. The third kappa shape index (κ3) is 4.79. The SMILES string of the molecule is Cc1ccc(C#Cc2cccc3cc(C(C)NC(=O)c4c(N)nn5cccnc45)n(-c4ccccc4)c(=O)c23)cn1. The van der Waals surface area contributed by atoms with Crippen LogP contribution < -0.4 is 16.6 Å². The van der Waals surface area contributed by atoms with Gasteiger partial charge in [0.15, 0.2) is 11.5 Å². The molecule has 0 saturated carbocycles. The summed E-state index contributed by atoms with van der Waals surface area (Å²) in [6.45, 7) is 3.74. The van der Waals surface area contributed by atoms with Crippen molar-refractivity contribution in [3.05, 3.63) is 130 Å². The molecule has 9 heteroatoms. The maximum atomic E-state index is 14.2. The predicted octanol–water partition coefficient (Wildman–Crippen LogP) is 4.21. The molecule has 0 aliphatic heterocycles. The molecule has 4 heterocycles. The van der Waals surface area contributed by atoms with Crippen molar-refractivity contribution in [3.8, 4) is 17.5 Å². The Labute approximate surface area is 235 Å². The van der Waals surface area contributed by atoms with Gasteiger partial charge in [-0.15, -0.1) is 5.10 Å². The molecular weight excluding hydrogens is 514 g/mol. The van der Waals surface area contributed by atoms with Crippen molar-refractivity contribution in [1.82, 2.24) is 29.5 Å². The van der Waals surface area contributed by atoms with Crippen LogP contribution in [0.15, 0.2) is 96.2 Å². The van der Waals surface area contributed by atoms with Crippen LogP contribution in [-0.4, -0.2) is 30.1 Å². The summed E-state index contributed by atoms with van der Waals surface area (Å²) in [5.41, 5.74) is 9.88. The fourth-order valence-corrected chi connectivity index (χ4v) is 4.79. The van der Waals surface area contributed by atoms with Gasteiger partial charge in [0.1, 0.15) is 5.56 Å². The van der Waals surface area contributed by atoms with Gasteiger partial charge in [-0.3, -0.25) is 19.1 Å². The number of benzene rings is 2. The van der Waals surface area contributed by atoms with Crippen molar-refractivity contribution >= 4 is 28.1 Å². The second-order valence-electron chi connectivity index (χ2n) is 9.60. The van der Waals surface area contributed by atoms with E-state index in [1.807, 2.05) is 80.6 Å². The number of pyridine rings is 2. The molecule has 0 bridgehead atoms. The molecule has 200 valence electrons. The number of carbonyl (C=O) groups is 1. The topological polar surface area (TPSA) is 120 Å². The van der Waals surface area contributed by atoms with E-state index in [1.165, 1.54) is 4.52 Å². The Morgan fingerprint density at radius 3 is 2.61 bits per heavy atom. The van der Waals surface area contributed by atoms with Gasteiger partial charge in [-0.05, 0) is 61.7 Å². The summed E-state index contributed by atoms with van der Waals surface area (Å²) in [6, 6.07) is 21.7. The van der Waals surface area contributed by atoms with Crippen LogP contribution in [-0.2, 0) is 0 Å². The van der Waals surface area contributed by atoms with Crippen molar-refractivity contribution in [2.45, 2.75) is 19.9 Å². The molecule has 0 aliphatic carbocycles. The Balaban J connectivity index is 1.47. The van der Waals surface area contributed by atoms with E-state index in [-0.39, 0.29) is 16.9 Å². The van der Waals surface area contributed by atoms with Gasteiger partial charge in [-0.25, -0.2) is 9.50 Å². The second kappa shape index (κ2) is 10.4. The van der Waals surface area contributed by atoms with Gasteiger partial charge in [0.2, 0.25) is 0 Å². The van der Waals surface area contributed by atoms with Crippen molar-refractivity contribution < 1.29 is 4.79 Å². The number of fused-ring (bicyclic) bond motifs is 2. The third-order valence-corrected chi connectivity index (χ3v) is 6.78. The van der Waals surface area contributed by atoms with Crippen LogP contribution in [0.1, 0.15) is 45.8 Å². The molecule has 0 aliphatic rings. The van der Waals surface area contributed by atoms with Gasteiger partial charge in [-0.1, -0.05) is 42.2 Å². The second-order valence-corrected chi connectivity index (χ2v) is 9.60. The number of nitrogens with one attached hydrogen (secondary N) is 1. The van der Waals surface area contributed by atoms with Crippen LogP contribution >= 0.6 is 0 Å². The summed E-state index contributed by atoms with van der Waals surface area (Å²) in [4.78, 5) is 36.2. The molecule has 6 rings (SSSR count). The van der Waals surface area contributed by atoms with Gasteiger partial charge in [0.25, 0.3) is 11.5 Å². The highest BCUT2D eigenvalue weighted by Crippen LogP contribution is 2.24. The molecule has 0 saturated heterocycles. The Hall–Kier alpha value is -5.75. The van der Waals surface area contributed by atoms with E-state index in [9.17, 15) is 9.59 Å². The van der Waals surface area contributed by atoms with Gasteiger partial charge in [0.05, 0.1) is 11.4 Å². The van der Waals surface area contributed by atoms with Crippen molar-refractivity contribution in [1.29, 1.82) is 0 Å². The van der Waals surface area contributed by atoms with Crippen LogP contribution in [0.4, 0.5) is 5.82 Å². The molecule has 9 nitrogen and oxygen atoms in total. The molecule has 1 unspecified atom stereocenters. The van der Waals surface area contributed by atoms with Crippen molar-refractivity contribution in [3.63, 3.8) is 0 Å². The maximum Gasteiger partial charge on any atom is 0.264 e. The van der Waals surface area contributed by atoms with E-state index < -0.39 is 11.9 Å². The molecule has 0 fully saturated rings. The maximum absolute atomic E-state index is 14.2. The lowest BCUT2D eigenvalue weighted by Gasteiger charge is -2.21. The van der Waals surface area contributed by atoms with E-state index in [1.54, 1.807) is 29.2 Å². The summed E-state index contributed by atoms with van der Waals surface area (Å²) in [5, 5.41) is 8.38. The van der Waals surface area contributed by atoms with Crippen molar-refractivity contribution in [2.75, 3.05) is 5.73 Å². The lowest BCUT2D eigenvalue weighted by Crippen LogP contribution is -2.32. The molecule has 41 heavy (non-hydrogen) atoms.